The summed E-state index contributed by atoms with van der Waals surface area (Å²) in [6, 6.07) is 6.40. The van der Waals surface area contributed by atoms with E-state index < -0.39 is 0 Å². The molecular formula is C23H28N6O2S. The monoisotopic (exact) mass is 452 g/mol. The second-order valence-corrected chi connectivity index (χ2v) is 9.01. The summed E-state index contributed by atoms with van der Waals surface area (Å²) in [7, 11) is 0. The Morgan fingerprint density at radius 2 is 1.84 bits per heavy atom. The molecule has 0 amide bonds. The van der Waals surface area contributed by atoms with Crippen LogP contribution in [0.15, 0.2) is 41.7 Å². The first-order valence-electron chi connectivity index (χ1n) is 11.2. The van der Waals surface area contributed by atoms with Gasteiger partial charge in [0.1, 0.15) is 11.9 Å². The van der Waals surface area contributed by atoms with Crippen LogP contribution in [0.25, 0.3) is 10.9 Å². The predicted octanol–water partition coefficient (Wildman–Crippen LogP) is 3.78. The topological polar surface area (TPSA) is 85.3 Å². The highest BCUT2D eigenvalue weighted by Gasteiger charge is 2.25. The van der Waals surface area contributed by atoms with Gasteiger partial charge in [-0.05, 0) is 44.1 Å². The lowest BCUT2D eigenvalue weighted by atomic mass is 9.93. The van der Waals surface area contributed by atoms with Gasteiger partial charge >= 0.3 is 0 Å². The summed E-state index contributed by atoms with van der Waals surface area (Å²) in [5, 5.41) is 4.42. The van der Waals surface area contributed by atoms with Crippen LogP contribution in [0, 0.1) is 0 Å². The van der Waals surface area contributed by atoms with E-state index in [1.807, 2.05) is 12.3 Å². The molecule has 3 aromatic rings. The fourth-order valence-electron chi connectivity index (χ4n) is 4.26. The largest absolute Gasteiger partial charge is 0.474 e. The van der Waals surface area contributed by atoms with Gasteiger partial charge in [0.05, 0.1) is 24.1 Å². The van der Waals surface area contributed by atoms with Gasteiger partial charge in [0.15, 0.2) is 0 Å². The van der Waals surface area contributed by atoms with Crippen molar-refractivity contribution in [2.75, 3.05) is 42.8 Å². The fraction of sp³-hybridized carbons (Fsp3) is 0.478. The molecule has 3 aromatic heterocycles. The molecule has 0 unspecified atom stereocenters. The van der Waals surface area contributed by atoms with Gasteiger partial charge in [0, 0.05) is 48.7 Å². The number of rotatable bonds is 6. The Hall–Kier alpha value is -2.65. The van der Waals surface area contributed by atoms with Crippen molar-refractivity contribution < 1.29 is 9.47 Å². The Morgan fingerprint density at radius 3 is 2.59 bits per heavy atom. The summed E-state index contributed by atoms with van der Waals surface area (Å²) in [6.45, 7) is 3.10. The van der Waals surface area contributed by atoms with Crippen LogP contribution in [0.2, 0.25) is 0 Å². The fourth-order valence-corrected chi connectivity index (χ4v) is 4.65. The van der Waals surface area contributed by atoms with Crippen LogP contribution in [-0.4, -0.2) is 64.6 Å². The van der Waals surface area contributed by atoms with E-state index in [-0.39, 0.29) is 6.10 Å². The van der Waals surface area contributed by atoms with E-state index in [1.54, 1.807) is 24.2 Å². The number of anilines is 2. The molecule has 0 spiro atoms. The smallest absolute Gasteiger partial charge is 0.225 e. The summed E-state index contributed by atoms with van der Waals surface area (Å²) < 4.78 is 12.0. The Kier molecular flexibility index (Phi) is 6.54. The first kappa shape index (κ1) is 21.2. The molecule has 0 atom stereocenters. The standard InChI is InChI=1S/C23H28N6O2S/c1-32-18-13-19-20(26-15-18)14-21(29-9-11-30-12-10-29)28-22(19)31-17-5-3-16(4-6-17)27-23-24-7-2-8-25-23/h2,7-8,13-17H,3-6,9-12H2,1H3,(H,24,25,27). The molecule has 4 heterocycles. The summed E-state index contributed by atoms with van der Waals surface area (Å²) in [4.78, 5) is 21.6. The first-order chi connectivity index (χ1) is 15.8. The van der Waals surface area contributed by atoms with Crippen LogP contribution in [0.5, 0.6) is 5.88 Å². The molecule has 168 valence electrons. The zero-order valence-corrected chi connectivity index (χ0v) is 19.1. The number of ether oxygens (including phenoxy) is 2. The third-order valence-electron chi connectivity index (χ3n) is 6.03. The van der Waals surface area contributed by atoms with Gasteiger partial charge in [-0.1, -0.05) is 0 Å². The number of hydrogen-bond acceptors (Lipinski definition) is 9. The minimum absolute atomic E-state index is 0.137. The van der Waals surface area contributed by atoms with E-state index in [0.717, 1.165) is 73.6 Å². The number of thioether (sulfide) groups is 1. The Bertz CT molecular complexity index is 1040. The lowest BCUT2D eigenvalue weighted by Crippen LogP contribution is -2.37. The number of morpholine rings is 1. The molecular weight excluding hydrogens is 424 g/mol. The molecule has 0 bridgehead atoms. The molecule has 1 aliphatic heterocycles. The summed E-state index contributed by atoms with van der Waals surface area (Å²) >= 11 is 1.68. The van der Waals surface area contributed by atoms with E-state index >= 15 is 0 Å². The maximum Gasteiger partial charge on any atom is 0.225 e. The van der Waals surface area contributed by atoms with E-state index in [9.17, 15) is 0 Å². The van der Waals surface area contributed by atoms with Gasteiger partial charge in [0.25, 0.3) is 0 Å². The van der Waals surface area contributed by atoms with Gasteiger partial charge in [-0.15, -0.1) is 11.8 Å². The van der Waals surface area contributed by atoms with E-state index in [4.69, 9.17) is 19.4 Å². The van der Waals surface area contributed by atoms with Crippen molar-refractivity contribution in [1.29, 1.82) is 0 Å². The van der Waals surface area contributed by atoms with Crippen LogP contribution in [0.4, 0.5) is 11.8 Å². The molecule has 1 N–H and O–H groups in total. The van der Waals surface area contributed by atoms with Gasteiger partial charge in [0.2, 0.25) is 11.8 Å². The van der Waals surface area contributed by atoms with E-state index in [2.05, 4.69) is 38.6 Å². The maximum absolute atomic E-state index is 6.52. The van der Waals surface area contributed by atoms with Crippen molar-refractivity contribution in [3.05, 3.63) is 36.8 Å². The second-order valence-electron chi connectivity index (χ2n) is 8.14. The predicted molar refractivity (Wildman–Crippen MR) is 127 cm³/mol. The van der Waals surface area contributed by atoms with Gasteiger partial charge < -0.3 is 19.7 Å². The zero-order valence-electron chi connectivity index (χ0n) is 18.2. The Balaban J connectivity index is 1.33. The lowest BCUT2D eigenvalue weighted by Gasteiger charge is -2.31. The molecule has 8 nitrogen and oxygen atoms in total. The van der Waals surface area contributed by atoms with E-state index in [0.29, 0.717) is 17.9 Å². The van der Waals surface area contributed by atoms with Gasteiger partial charge in [-0.3, -0.25) is 4.98 Å². The number of hydrogen-bond donors (Lipinski definition) is 1. The number of nitrogens with zero attached hydrogens (tertiary/aromatic N) is 5. The van der Waals surface area contributed by atoms with Crippen molar-refractivity contribution in [3.63, 3.8) is 0 Å². The van der Waals surface area contributed by atoms with Crippen LogP contribution in [-0.2, 0) is 4.74 Å². The van der Waals surface area contributed by atoms with Crippen molar-refractivity contribution in [2.45, 2.75) is 42.7 Å². The third-order valence-corrected chi connectivity index (χ3v) is 6.72. The lowest BCUT2D eigenvalue weighted by molar-refractivity contribution is 0.122. The summed E-state index contributed by atoms with van der Waals surface area (Å²) in [5.41, 5.74) is 0.922. The minimum Gasteiger partial charge on any atom is -0.474 e. The maximum atomic E-state index is 6.52. The molecule has 1 aliphatic carbocycles. The minimum atomic E-state index is 0.137. The number of pyridine rings is 2. The molecule has 2 aliphatic rings. The highest BCUT2D eigenvalue weighted by Crippen LogP contribution is 2.33. The molecule has 2 fully saturated rings. The number of nitrogens with one attached hydrogen (secondary N) is 1. The SMILES string of the molecule is CSc1cnc2cc(N3CCOCC3)nc(OC3CCC(Nc4ncccn4)CC3)c2c1. The average molecular weight is 453 g/mol. The summed E-state index contributed by atoms with van der Waals surface area (Å²) in [5.74, 6) is 2.30. The summed E-state index contributed by atoms with van der Waals surface area (Å²) in [6.07, 6.45) is 11.6. The van der Waals surface area contributed by atoms with E-state index in [1.165, 1.54) is 0 Å². The van der Waals surface area contributed by atoms with Gasteiger partial charge in [-0.2, -0.15) is 4.98 Å². The first-order valence-corrected chi connectivity index (χ1v) is 12.4. The second kappa shape index (κ2) is 9.87. The van der Waals surface area contributed by atoms with Crippen molar-refractivity contribution in [3.8, 4) is 5.88 Å². The quantitative estimate of drug-likeness (QED) is 0.562. The molecule has 1 saturated heterocycles. The molecule has 0 radical (unpaired) electrons. The van der Waals surface area contributed by atoms with Gasteiger partial charge in [-0.25, -0.2) is 9.97 Å². The van der Waals surface area contributed by atoms with Crippen LogP contribution >= 0.6 is 11.8 Å². The normalized spacial score (nSPS) is 21.5. The van der Waals surface area contributed by atoms with Crippen molar-refractivity contribution in [2.24, 2.45) is 0 Å². The van der Waals surface area contributed by atoms with Crippen molar-refractivity contribution in [1.82, 2.24) is 19.9 Å². The average Bonchev–Trinajstić information content (AvgIpc) is 2.86. The number of fused-ring (bicyclic) bond motifs is 1. The van der Waals surface area contributed by atoms with Crippen LogP contribution in [0.3, 0.4) is 0 Å². The van der Waals surface area contributed by atoms with Crippen molar-refractivity contribution >= 4 is 34.4 Å². The third kappa shape index (κ3) is 4.88. The Morgan fingerprint density at radius 1 is 1.06 bits per heavy atom. The Labute approximate surface area is 192 Å². The molecule has 9 heteroatoms. The molecule has 1 saturated carbocycles. The highest BCUT2D eigenvalue weighted by atomic mass is 32.2. The molecule has 0 aromatic carbocycles. The van der Waals surface area contributed by atoms with Crippen LogP contribution < -0.4 is 15.0 Å². The zero-order chi connectivity index (χ0) is 21.8. The molecule has 5 rings (SSSR count). The number of aromatic nitrogens is 4. The highest BCUT2D eigenvalue weighted by molar-refractivity contribution is 7.98. The van der Waals surface area contributed by atoms with Crippen LogP contribution in [0.1, 0.15) is 25.7 Å². The molecule has 32 heavy (non-hydrogen) atoms.